The van der Waals surface area contributed by atoms with Crippen LogP contribution in [0.25, 0.3) is 0 Å². The minimum Gasteiger partial charge on any atom is -0.351 e. The van der Waals surface area contributed by atoms with Gasteiger partial charge < -0.3 is 10.2 Å². The fourth-order valence-corrected chi connectivity index (χ4v) is 1.83. The lowest BCUT2D eigenvalue weighted by molar-refractivity contribution is 0.469. The van der Waals surface area contributed by atoms with Crippen LogP contribution < -0.4 is 5.32 Å². The molecule has 104 valence electrons. The first-order valence-electron chi connectivity index (χ1n) is 6.62. The Kier molecular flexibility index (Phi) is 6.64. The summed E-state index contributed by atoms with van der Waals surface area (Å²) in [6.07, 6.45) is 4.06. The lowest BCUT2D eigenvalue weighted by Crippen LogP contribution is -2.39. The SMILES string of the molecule is C=CCCCN(C)C(=NC)NCc1cccc(C)n1. The molecule has 1 aromatic rings. The molecule has 0 aromatic carbocycles. The number of hydrogen-bond acceptors (Lipinski definition) is 2. The Balaban J connectivity index is 2.46. The lowest BCUT2D eigenvalue weighted by atomic mass is 10.3. The summed E-state index contributed by atoms with van der Waals surface area (Å²) in [7, 11) is 3.85. The van der Waals surface area contributed by atoms with Crippen molar-refractivity contribution in [1.29, 1.82) is 0 Å². The van der Waals surface area contributed by atoms with Gasteiger partial charge in [-0.2, -0.15) is 0 Å². The number of pyridine rings is 1. The third-order valence-corrected chi connectivity index (χ3v) is 2.85. The summed E-state index contributed by atoms with van der Waals surface area (Å²) in [5, 5.41) is 3.33. The van der Waals surface area contributed by atoms with Gasteiger partial charge in [0.15, 0.2) is 5.96 Å². The van der Waals surface area contributed by atoms with Crippen LogP contribution in [0.3, 0.4) is 0 Å². The molecule has 0 radical (unpaired) electrons. The smallest absolute Gasteiger partial charge is 0.193 e. The Morgan fingerprint density at radius 2 is 2.32 bits per heavy atom. The van der Waals surface area contributed by atoms with E-state index >= 15 is 0 Å². The molecule has 0 aliphatic heterocycles. The van der Waals surface area contributed by atoms with Gasteiger partial charge in [0.05, 0.1) is 12.2 Å². The summed E-state index contributed by atoms with van der Waals surface area (Å²) < 4.78 is 0. The van der Waals surface area contributed by atoms with Crippen LogP contribution in [0.15, 0.2) is 35.8 Å². The highest BCUT2D eigenvalue weighted by Gasteiger charge is 2.05. The molecule has 0 fully saturated rings. The number of nitrogens with zero attached hydrogens (tertiary/aromatic N) is 3. The van der Waals surface area contributed by atoms with Crippen LogP contribution in [-0.2, 0) is 6.54 Å². The Bertz CT molecular complexity index is 426. The van der Waals surface area contributed by atoms with Gasteiger partial charge in [-0.1, -0.05) is 12.1 Å². The molecule has 0 atom stereocenters. The quantitative estimate of drug-likeness (QED) is 0.369. The predicted molar refractivity (Wildman–Crippen MR) is 81.2 cm³/mol. The standard InChI is InChI=1S/C15H24N4/c1-5-6-7-11-19(4)15(16-3)17-12-14-10-8-9-13(2)18-14/h5,8-10H,1,6-7,11-12H2,2-4H3,(H,16,17). The maximum Gasteiger partial charge on any atom is 0.193 e. The van der Waals surface area contributed by atoms with E-state index in [4.69, 9.17) is 0 Å². The number of aromatic nitrogens is 1. The molecule has 19 heavy (non-hydrogen) atoms. The highest BCUT2D eigenvalue weighted by molar-refractivity contribution is 5.79. The molecule has 1 heterocycles. The first-order valence-corrected chi connectivity index (χ1v) is 6.62. The van der Waals surface area contributed by atoms with Gasteiger partial charge in [0.25, 0.3) is 0 Å². The van der Waals surface area contributed by atoms with E-state index in [1.54, 1.807) is 7.05 Å². The molecule has 4 nitrogen and oxygen atoms in total. The highest BCUT2D eigenvalue weighted by atomic mass is 15.3. The second-order valence-electron chi connectivity index (χ2n) is 4.52. The van der Waals surface area contributed by atoms with Crippen LogP contribution >= 0.6 is 0 Å². The molecule has 0 unspecified atom stereocenters. The van der Waals surface area contributed by atoms with Crippen LogP contribution in [0.5, 0.6) is 0 Å². The zero-order chi connectivity index (χ0) is 14.1. The number of guanidine groups is 1. The molecule has 1 rings (SSSR count). The average Bonchev–Trinajstić information content (AvgIpc) is 2.40. The number of rotatable bonds is 6. The normalized spacial score (nSPS) is 11.2. The molecule has 0 saturated carbocycles. The molecule has 0 aliphatic rings. The van der Waals surface area contributed by atoms with Gasteiger partial charge >= 0.3 is 0 Å². The van der Waals surface area contributed by atoms with Gasteiger partial charge in [-0.05, 0) is 31.9 Å². The van der Waals surface area contributed by atoms with Crippen molar-refractivity contribution in [2.45, 2.75) is 26.3 Å². The summed E-state index contributed by atoms with van der Waals surface area (Å²) in [6, 6.07) is 6.04. The molecule has 0 amide bonds. The monoisotopic (exact) mass is 260 g/mol. The zero-order valence-electron chi connectivity index (χ0n) is 12.2. The van der Waals surface area contributed by atoms with E-state index in [0.29, 0.717) is 6.54 Å². The number of unbranched alkanes of at least 4 members (excludes halogenated alkanes) is 1. The van der Waals surface area contributed by atoms with Crippen molar-refractivity contribution in [3.05, 3.63) is 42.2 Å². The Labute approximate surface area is 116 Å². The van der Waals surface area contributed by atoms with Gasteiger partial charge in [0.1, 0.15) is 0 Å². The number of nitrogens with one attached hydrogen (secondary N) is 1. The summed E-state index contributed by atoms with van der Waals surface area (Å²) >= 11 is 0. The van der Waals surface area contributed by atoms with Gasteiger partial charge in [-0.3, -0.25) is 9.98 Å². The Morgan fingerprint density at radius 1 is 1.53 bits per heavy atom. The summed E-state index contributed by atoms with van der Waals surface area (Å²) in [5.74, 6) is 0.896. The molecule has 4 heteroatoms. The molecule has 1 N–H and O–H groups in total. The van der Waals surface area contributed by atoms with Crippen LogP contribution in [0.4, 0.5) is 0 Å². The van der Waals surface area contributed by atoms with E-state index in [9.17, 15) is 0 Å². The molecular formula is C15H24N4. The Hall–Kier alpha value is -1.84. The van der Waals surface area contributed by atoms with Gasteiger partial charge in [-0.25, -0.2) is 0 Å². The maximum absolute atomic E-state index is 4.46. The van der Waals surface area contributed by atoms with Crippen molar-refractivity contribution in [1.82, 2.24) is 15.2 Å². The third kappa shape index (κ3) is 5.55. The minimum atomic E-state index is 0.695. The zero-order valence-corrected chi connectivity index (χ0v) is 12.2. The van der Waals surface area contributed by atoms with Crippen molar-refractivity contribution in [3.63, 3.8) is 0 Å². The molecule has 0 aliphatic carbocycles. The predicted octanol–water partition coefficient (Wildman–Crippen LogP) is 2.36. The maximum atomic E-state index is 4.46. The number of allylic oxidation sites excluding steroid dienone is 1. The van der Waals surface area contributed by atoms with Gasteiger partial charge in [-0.15, -0.1) is 6.58 Å². The van der Waals surface area contributed by atoms with E-state index < -0.39 is 0 Å². The highest BCUT2D eigenvalue weighted by Crippen LogP contribution is 1.99. The Morgan fingerprint density at radius 3 is 2.95 bits per heavy atom. The van der Waals surface area contributed by atoms with Gasteiger partial charge in [0.2, 0.25) is 0 Å². The third-order valence-electron chi connectivity index (χ3n) is 2.85. The van der Waals surface area contributed by atoms with Crippen LogP contribution in [0, 0.1) is 6.92 Å². The molecule has 0 spiro atoms. The van der Waals surface area contributed by atoms with Crippen molar-refractivity contribution in [2.24, 2.45) is 4.99 Å². The number of aryl methyl sites for hydroxylation is 1. The van der Waals surface area contributed by atoms with E-state index in [1.165, 1.54) is 0 Å². The molecule has 0 saturated heterocycles. The van der Waals surface area contributed by atoms with E-state index in [1.807, 2.05) is 38.2 Å². The van der Waals surface area contributed by atoms with Crippen molar-refractivity contribution in [2.75, 3.05) is 20.6 Å². The van der Waals surface area contributed by atoms with Crippen LogP contribution in [-0.4, -0.2) is 36.5 Å². The van der Waals surface area contributed by atoms with Crippen molar-refractivity contribution >= 4 is 5.96 Å². The summed E-state index contributed by atoms with van der Waals surface area (Å²) in [4.78, 5) is 10.9. The largest absolute Gasteiger partial charge is 0.351 e. The topological polar surface area (TPSA) is 40.5 Å². The lowest BCUT2D eigenvalue weighted by Gasteiger charge is -2.21. The van der Waals surface area contributed by atoms with Crippen molar-refractivity contribution < 1.29 is 0 Å². The summed E-state index contributed by atoms with van der Waals surface area (Å²) in [5.41, 5.74) is 2.06. The van der Waals surface area contributed by atoms with Gasteiger partial charge in [0, 0.05) is 26.3 Å². The first-order chi connectivity index (χ1) is 9.17. The number of hydrogen-bond donors (Lipinski definition) is 1. The summed E-state index contributed by atoms with van der Waals surface area (Å²) in [6.45, 7) is 7.39. The second kappa shape index (κ2) is 8.29. The molecular weight excluding hydrogens is 236 g/mol. The van der Waals surface area contributed by atoms with Crippen molar-refractivity contribution in [3.8, 4) is 0 Å². The van der Waals surface area contributed by atoms with E-state index in [0.717, 1.165) is 36.7 Å². The molecule has 0 bridgehead atoms. The van der Waals surface area contributed by atoms with E-state index in [-0.39, 0.29) is 0 Å². The average molecular weight is 260 g/mol. The van der Waals surface area contributed by atoms with Crippen LogP contribution in [0.1, 0.15) is 24.2 Å². The fourth-order valence-electron chi connectivity index (χ4n) is 1.83. The fraction of sp³-hybridized carbons (Fsp3) is 0.467. The van der Waals surface area contributed by atoms with E-state index in [2.05, 4.69) is 26.8 Å². The number of aliphatic imine (C=N–C) groups is 1. The minimum absolute atomic E-state index is 0.695. The van der Waals surface area contributed by atoms with Crippen LogP contribution in [0.2, 0.25) is 0 Å². The molecule has 1 aromatic heterocycles. The first kappa shape index (κ1) is 15.2. The second-order valence-corrected chi connectivity index (χ2v) is 4.52.